The second-order valence-electron chi connectivity index (χ2n) is 5.84. The van der Waals surface area contributed by atoms with Crippen LogP contribution in [0.1, 0.15) is 16.1 Å². The molecule has 0 atom stereocenters. The molecule has 4 nitrogen and oxygen atoms in total. The van der Waals surface area contributed by atoms with Crippen molar-refractivity contribution in [3.8, 4) is 11.1 Å². The maximum atomic E-state index is 13.6. The van der Waals surface area contributed by atoms with E-state index in [4.69, 9.17) is 11.6 Å². The molecule has 10 heteroatoms. The number of carbonyl (C=O) groups is 1. The van der Waals surface area contributed by atoms with E-state index in [0.717, 1.165) is 23.0 Å². The van der Waals surface area contributed by atoms with Crippen molar-refractivity contribution in [2.24, 2.45) is 7.05 Å². The van der Waals surface area contributed by atoms with Crippen LogP contribution in [0.15, 0.2) is 42.6 Å². The Morgan fingerprint density at radius 1 is 1.14 bits per heavy atom. The summed E-state index contributed by atoms with van der Waals surface area (Å²) in [4.78, 5) is 12.5. The molecule has 0 saturated carbocycles. The molecule has 28 heavy (non-hydrogen) atoms. The van der Waals surface area contributed by atoms with Gasteiger partial charge in [0.1, 0.15) is 11.6 Å². The number of hydrogen-bond acceptors (Lipinski definition) is 2. The number of benzene rings is 2. The van der Waals surface area contributed by atoms with Gasteiger partial charge in [-0.25, -0.2) is 8.78 Å². The minimum absolute atomic E-state index is 0.0204. The van der Waals surface area contributed by atoms with Crippen molar-refractivity contribution in [1.82, 2.24) is 9.78 Å². The van der Waals surface area contributed by atoms with E-state index in [1.807, 2.05) is 0 Å². The number of amides is 1. The summed E-state index contributed by atoms with van der Waals surface area (Å²) in [5.41, 5.74) is -1.98. The van der Waals surface area contributed by atoms with Gasteiger partial charge in [0, 0.05) is 24.9 Å². The molecule has 0 unspecified atom stereocenters. The van der Waals surface area contributed by atoms with E-state index in [0.29, 0.717) is 6.07 Å². The predicted octanol–water partition coefficient (Wildman–Crippen LogP) is 5.29. The number of alkyl halides is 3. The van der Waals surface area contributed by atoms with Crippen LogP contribution in [0.25, 0.3) is 11.1 Å². The number of hydrogen-bond donors (Lipinski definition) is 1. The van der Waals surface area contributed by atoms with Gasteiger partial charge in [-0.1, -0.05) is 23.7 Å². The van der Waals surface area contributed by atoms with Crippen LogP contribution in [0.5, 0.6) is 0 Å². The Hall–Kier alpha value is -2.94. The van der Waals surface area contributed by atoms with E-state index in [9.17, 15) is 26.7 Å². The van der Waals surface area contributed by atoms with Crippen LogP contribution in [0, 0.1) is 11.6 Å². The summed E-state index contributed by atoms with van der Waals surface area (Å²) in [7, 11) is 1.24. The third-order valence-corrected chi connectivity index (χ3v) is 4.08. The number of rotatable bonds is 3. The second-order valence-corrected chi connectivity index (χ2v) is 6.24. The molecule has 0 aliphatic heterocycles. The van der Waals surface area contributed by atoms with Crippen LogP contribution >= 0.6 is 11.6 Å². The number of anilines is 1. The minimum atomic E-state index is -4.84. The van der Waals surface area contributed by atoms with Gasteiger partial charge in [0.15, 0.2) is 5.69 Å². The van der Waals surface area contributed by atoms with Crippen LogP contribution in [0.2, 0.25) is 5.02 Å². The van der Waals surface area contributed by atoms with Crippen molar-refractivity contribution in [3.05, 3.63) is 70.5 Å². The Morgan fingerprint density at radius 3 is 2.39 bits per heavy atom. The zero-order chi connectivity index (χ0) is 20.6. The first kappa shape index (κ1) is 19.8. The van der Waals surface area contributed by atoms with E-state index >= 15 is 0 Å². The SMILES string of the molecule is Cn1cc(C(=O)Nc2c(Cl)cccc2-c2cc(F)cc(F)c2)c(C(F)(F)F)n1. The molecule has 1 amide bonds. The highest BCUT2D eigenvalue weighted by Gasteiger charge is 2.39. The number of aryl methyl sites for hydroxylation is 1. The third kappa shape index (κ3) is 3.99. The molecule has 2 aromatic carbocycles. The van der Waals surface area contributed by atoms with Crippen LogP contribution in [0.4, 0.5) is 27.6 Å². The largest absolute Gasteiger partial charge is 0.435 e. The maximum absolute atomic E-state index is 13.6. The van der Waals surface area contributed by atoms with Gasteiger partial charge in [0.05, 0.1) is 16.3 Å². The van der Waals surface area contributed by atoms with Gasteiger partial charge < -0.3 is 5.32 Å². The number of para-hydroxylation sites is 1. The van der Waals surface area contributed by atoms with E-state index in [-0.39, 0.29) is 21.8 Å². The monoisotopic (exact) mass is 415 g/mol. The molecule has 0 radical (unpaired) electrons. The lowest BCUT2D eigenvalue weighted by molar-refractivity contribution is -0.141. The standard InChI is InChI=1S/C18H11ClF5N3O/c1-27-8-13(16(26-27)18(22,23)24)17(28)25-15-12(3-2-4-14(15)19)9-5-10(20)7-11(21)6-9/h2-8H,1H3,(H,25,28). The number of nitrogens with zero attached hydrogens (tertiary/aromatic N) is 2. The molecule has 0 aliphatic rings. The molecule has 3 aromatic rings. The highest BCUT2D eigenvalue weighted by Crippen LogP contribution is 2.36. The Labute approximate surface area is 160 Å². The van der Waals surface area contributed by atoms with Gasteiger partial charge in [-0.15, -0.1) is 0 Å². The molecule has 1 N–H and O–H groups in total. The summed E-state index contributed by atoms with van der Waals surface area (Å²) in [6.45, 7) is 0. The fourth-order valence-electron chi connectivity index (χ4n) is 2.65. The molecule has 0 fully saturated rings. The Kier molecular flexibility index (Phi) is 5.12. The second kappa shape index (κ2) is 7.23. The molecular weight excluding hydrogens is 405 g/mol. The normalized spacial score (nSPS) is 11.5. The van der Waals surface area contributed by atoms with Gasteiger partial charge in [-0.2, -0.15) is 18.3 Å². The highest BCUT2D eigenvalue weighted by atomic mass is 35.5. The molecule has 0 saturated heterocycles. The summed E-state index contributed by atoms with van der Waals surface area (Å²) >= 11 is 6.08. The van der Waals surface area contributed by atoms with Gasteiger partial charge in [0.25, 0.3) is 5.91 Å². The number of aromatic nitrogens is 2. The minimum Gasteiger partial charge on any atom is -0.320 e. The molecule has 1 heterocycles. The van der Waals surface area contributed by atoms with E-state index in [1.165, 1.54) is 25.2 Å². The molecule has 1 aromatic heterocycles. The maximum Gasteiger partial charge on any atom is 0.435 e. The van der Waals surface area contributed by atoms with Crippen molar-refractivity contribution < 1.29 is 26.7 Å². The summed E-state index contributed by atoms with van der Waals surface area (Å²) in [6.07, 6.45) is -3.93. The fourth-order valence-corrected chi connectivity index (χ4v) is 2.87. The Morgan fingerprint density at radius 2 is 1.79 bits per heavy atom. The Balaban J connectivity index is 2.06. The molecule has 0 aliphatic carbocycles. The quantitative estimate of drug-likeness (QED) is 0.591. The summed E-state index contributed by atoms with van der Waals surface area (Å²) < 4.78 is 67.3. The number of halogens is 6. The molecule has 146 valence electrons. The van der Waals surface area contributed by atoms with Crippen molar-refractivity contribution >= 4 is 23.2 Å². The van der Waals surface area contributed by atoms with Gasteiger partial charge in [0.2, 0.25) is 0 Å². The van der Waals surface area contributed by atoms with E-state index in [1.54, 1.807) is 0 Å². The Bertz CT molecular complexity index is 1040. The van der Waals surface area contributed by atoms with Gasteiger partial charge in [-0.3, -0.25) is 9.48 Å². The van der Waals surface area contributed by atoms with Crippen LogP contribution < -0.4 is 5.32 Å². The van der Waals surface area contributed by atoms with E-state index in [2.05, 4.69) is 10.4 Å². The lowest BCUT2D eigenvalue weighted by atomic mass is 10.0. The average Bonchev–Trinajstić information content (AvgIpc) is 2.98. The van der Waals surface area contributed by atoms with Crippen molar-refractivity contribution in [3.63, 3.8) is 0 Å². The summed E-state index contributed by atoms with van der Waals surface area (Å²) in [5, 5.41) is 5.54. The van der Waals surface area contributed by atoms with E-state index < -0.39 is 35.0 Å². The van der Waals surface area contributed by atoms with Crippen molar-refractivity contribution in [2.75, 3.05) is 5.32 Å². The number of nitrogens with one attached hydrogen (secondary N) is 1. The zero-order valence-corrected chi connectivity index (χ0v) is 14.9. The lowest BCUT2D eigenvalue weighted by Crippen LogP contribution is -2.18. The third-order valence-electron chi connectivity index (χ3n) is 3.77. The van der Waals surface area contributed by atoms with Gasteiger partial charge in [-0.05, 0) is 23.8 Å². The average molecular weight is 416 g/mol. The summed E-state index contributed by atoms with van der Waals surface area (Å²) in [5.74, 6) is -2.84. The zero-order valence-electron chi connectivity index (χ0n) is 14.1. The predicted molar refractivity (Wildman–Crippen MR) is 93.0 cm³/mol. The summed E-state index contributed by atoms with van der Waals surface area (Å²) in [6, 6.07) is 6.96. The number of carbonyl (C=O) groups excluding carboxylic acids is 1. The van der Waals surface area contributed by atoms with Crippen molar-refractivity contribution in [2.45, 2.75) is 6.18 Å². The molecular formula is C18H11ClF5N3O. The molecule has 0 spiro atoms. The topological polar surface area (TPSA) is 46.9 Å². The highest BCUT2D eigenvalue weighted by molar-refractivity contribution is 6.34. The smallest absolute Gasteiger partial charge is 0.320 e. The lowest BCUT2D eigenvalue weighted by Gasteiger charge is -2.14. The molecule has 3 rings (SSSR count). The first-order valence-electron chi connectivity index (χ1n) is 7.73. The fraction of sp³-hybridized carbons (Fsp3) is 0.111. The van der Waals surface area contributed by atoms with Crippen molar-refractivity contribution in [1.29, 1.82) is 0 Å². The van der Waals surface area contributed by atoms with Gasteiger partial charge >= 0.3 is 6.18 Å². The van der Waals surface area contributed by atoms with Crippen LogP contribution in [-0.2, 0) is 13.2 Å². The first-order chi connectivity index (χ1) is 13.1. The first-order valence-corrected chi connectivity index (χ1v) is 8.11. The van der Waals surface area contributed by atoms with Crippen LogP contribution in [-0.4, -0.2) is 15.7 Å². The van der Waals surface area contributed by atoms with Crippen LogP contribution in [0.3, 0.4) is 0 Å². The molecule has 0 bridgehead atoms.